The summed E-state index contributed by atoms with van der Waals surface area (Å²) in [6.45, 7) is 4.01. The maximum Gasteiger partial charge on any atom is 0.0795 e. The normalized spacial score (nSPS) is 29.3. The Morgan fingerprint density at radius 3 is 3.06 bits per heavy atom. The number of aromatic nitrogens is 1. The van der Waals surface area contributed by atoms with Gasteiger partial charge in [0, 0.05) is 43.1 Å². The zero-order chi connectivity index (χ0) is 12.6. The first kappa shape index (κ1) is 12.5. The molecule has 2 heterocycles. The fourth-order valence-electron chi connectivity index (χ4n) is 3.00. The van der Waals surface area contributed by atoms with E-state index in [1.54, 1.807) is 11.3 Å². The van der Waals surface area contributed by atoms with Gasteiger partial charge in [-0.2, -0.15) is 0 Å². The predicted octanol–water partition coefficient (Wildman–Crippen LogP) is 1.14. The third-order valence-electron chi connectivity index (χ3n) is 4.50. The summed E-state index contributed by atoms with van der Waals surface area (Å²) in [6.07, 6.45) is 3.97. The Morgan fingerprint density at radius 1 is 1.61 bits per heavy atom. The van der Waals surface area contributed by atoms with Gasteiger partial charge in [-0.3, -0.25) is 9.80 Å². The van der Waals surface area contributed by atoms with Crippen LogP contribution in [0.25, 0.3) is 0 Å². The summed E-state index contributed by atoms with van der Waals surface area (Å²) in [5.41, 5.74) is 9.33. The van der Waals surface area contributed by atoms with Crippen LogP contribution in [0.15, 0.2) is 10.9 Å². The molecule has 2 fully saturated rings. The minimum atomic E-state index is 0.159. The van der Waals surface area contributed by atoms with Crippen LogP contribution in [0.3, 0.4) is 0 Å². The number of nitrogens with zero attached hydrogens (tertiary/aromatic N) is 3. The molecule has 1 saturated carbocycles. The molecule has 1 saturated heterocycles. The van der Waals surface area contributed by atoms with Crippen molar-refractivity contribution in [3.8, 4) is 0 Å². The van der Waals surface area contributed by atoms with Crippen molar-refractivity contribution in [1.29, 1.82) is 0 Å². The molecule has 0 bridgehead atoms. The van der Waals surface area contributed by atoms with Crippen LogP contribution in [0.4, 0.5) is 0 Å². The van der Waals surface area contributed by atoms with Crippen molar-refractivity contribution in [2.45, 2.75) is 37.4 Å². The second-order valence-corrected chi connectivity index (χ2v) is 6.43. The van der Waals surface area contributed by atoms with Gasteiger partial charge in [-0.05, 0) is 26.3 Å². The highest BCUT2D eigenvalue weighted by atomic mass is 32.1. The van der Waals surface area contributed by atoms with E-state index in [1.807, 2.05) is 5.51 Å². The van der Waals surface area contributed by atoms with Gasteiger partial charge in [0.1, 0.15) is 0 Å². The summed E-state index contributed by atoms with van der Waals surface area (Å²) >= 11 is 1.67. The van der Waals surface area contributed by atoms with Gasteiger partial charge in [0.2, 0.25) is 0 Å². The van der Waals surface area contributed by atoms with Crippen LogP contribution in [0.5, 0.6) is 0 Å². The Morgan fingerprint density at radius 2 is 2.44 bits per heavy atom. The maximum absolute atomic E-state index is 6.10. The smallest absolute Gasteiger partial charge is 0.0795 e. The molecule has 0 aromatic carbocycles. The van der Waals surface area contributed by atoms with Crippen molar-refractivity contribution in [1.82, 2.24) is 14.8 Å². The van der Waals surface area contributed by atoms with Crippen LogP contribution in [-0.4, -0.2) is 53.0 Å². The number of hydrogen-bond donors (Lipinski definition) is 1. The molecule has 2 N–H and O–H groups in total. The van der Waals surface area contributed by atoms with Crippen molar-refractivity contribution >= 4 is 11.3 Å². The number of likely N-dealkylation sites (tertiary alicyclic amines) is 1. The van der Waals surface area contributed by atoms with E-state index in [9.17, 15) is 0 Å². The van der Waals surface area contributed by atoms with E-state index in [2.05, 4.69) is 27.2 Å². The fraction of sp³-hybridized carbons (Fsp3) is 0.769. The van der Waals surface area contributed by atoms with Crippen molar-refractivity contribution < 1.29 is 0 Å². The molecule has 2 aliphatic rings. The predicted molar refractivity (Wildman–Crippen MR) is 74.6 cm³/mol. The van der Waals surface area contributed by atoms with Crippen LogP contribution in [0, 0.1) is 0 Å². The second kappa shape index (κ2) is 4.89. The van der Waals surface area contributed by atoms with Crippen LogP contribution < -0.4 is 5.73 Å². The number of hydrogen-bond acceptors (Lipinski definition) is 5. The SMILES string of the molecule is CN(Cc1cscn1)C1(CN)CCN(C2CC2)C1. The Kier molecular flexibility index (Phi) is 3.40. The first-order chi connectivity index (χ1) is 8.73. The highest BCUT2D eigenvalue weighted by Crippen LogP contribution is 2.35. The second-order valence-electron chi connectivity index (χ2n) is 5.72. The first-order valence-corrected chi connectivity index (χ1v) is 7.70. The average molecular weight is 266 g/mol. The summed E-state index contributed by atoms with van der Waals surface area (Å²) in [5.74, 6) is 0. The van der Waals surface area contributed by atoms with E-state index in [1.165, 1.54) is 31.5 Å². The van der Waals surface area contributed by atoms with Crippen LogP contribution in [-0.2, 0) is 6.54 Å². The van der Waals surface area contributed by atoms with Gasteiger partial charge < -0.3 is 5.73 Å². The molecule has 1 atom stereocenters. The number of rotatable bonds is 5. The lowest BCUT2D eigenvalue weighted by atomic mass is 9.96. The Hall–Kier alpha value is -0.490. The summed E-state index contributed by atoms with van der Waals surface area (Å²) in [5, 5.41) is 2.13. The number of thiazole rings is 1. The third-order valence-corrected chi connectivity index (χ3v) is 5.13. The quantitative estimate of drug-likeness (QED) is 0.868. The molecular formula is C13H22N4S. The van der Waals surface area contributed by atoms with Crippen molar-refractivity contribution in [3.05, 3.63) is 16.6 Å². The Labute approximate surface area is 113 Å². The molecule has 3 rings (SSSR count). The maximum atomic E-state index is 6.10. The summed E-state index contributed by atoms with van der Waals surface area (Å²) in [6, 6.07) is 0.853. The van der Waals surface area contributed by atoms with Gasteiger partial charge in [0.25, 0.3) is 0 Å². The van der Waals surface area contributed by atoms with E-state index in [0.29, 0.717) is 0 Å². The van der Waals surface area contributed by atoms with Gasteiger partial charge in [0.15, 0.2) is 0 Å². The lowest BCUT2D eigenvalue weighted by Gasteiger charge is -2.37. The van der Waals surface area contributed by atoms with E-state index < -0.39 is 0 Å². The Bertz CT molecular complexity index is 390. The van der Waals surface area contributed by atoms with Gasteiger partial charge in [-0.25, -0.2) is 4.98 Å². The largest absolute Gasteiger partial charge is 0.329 e. The highest BCUT2D eigenvalue weighted by molar-refractivity contribution is 7.07. The van der Waals surface area contributed by atoms with Crippen molar-refractivity contribution in [2.24, 2.45) is 5.73 Å². The molecule has 100 valence electrons. The van der Waals surface area contributed by atoms with Crippen LogP contribution in [0.2, 0.25) is 0 Å². The zero-order valence-corrected chi connectivity index (χ0v) is 11.8. The summed E-state index contributed by atoms with van der Waals surface area (Å²) in [4.78, 5) is 9.43. The Balaban J connectivity index is 1.67. The van der Waals surface area contributed by atoms with E-state index in [4.69, 9.17) is 5.73 Å². The van der Waals surface area contributed by atoms with Gasteiger partial charge in [-0.15, -0.1) is 11.3 Å². The van der Waals surface area contributed by atoms with Gasteiger partial charge in [-0.1, -0.05) is 0 Å². The fourth-order valence-corrected chi connectivity index (χ4v) is 3.55. The average Bonchev–Trinajstić information content (AvgIpc) is 2.93. The third kappa shape index (κ3) is 2.32. The van der Waals surface area contributed by atoms with Crippen molar-refractivity contribution in [3.63, 3.8) is 0 Å². The molecule has 18 heavy (non-hydrogen) atoms. The number of likely N-dealkylation sites (N-methyl/N-ethyl adjacent to an activating group) is 1. The van der Waals surface area contributed by atoms with Crippen LogP contribution >= 0.6 is 11.3 Å². The molecular weight excluding hydrogens is 244 g/mol. The molecule has 1 aliphatic heterocycles. The first-order valence-electron chi connectivity index (χ1n) is 6.76. The molecule has 1 aromatic rings. The standard InChI is InChI=1S/C13H22N4S/c1-16(6-11-7-18-10-15-11)13(8-14)4-5-17(9-13)12-2-3-12/h7,10,12H,2-6,8-9,14H2,1H3. The topological polar surface area (TPSA) is 45.4 Å². The molecule has 0 spiro atoms. The van der Waals surface area contributed by atoms with Crippen molar-refractivity contribution in [2.75, 3.05) is 26.7 Å². The highest BCUT2D eigenvalue weighted by Gasteiger charge is 2.44. The van der Waals surface area contributed by atoms with Crippen LogP contribution in [0.1, 0.15) is 25.0 Å². The lowest BCUT2D eigenvalue weighted by Crippen LogP contribution is -2.53. The monoisotopic (exact) mass is 266 g/mol. The molecule has 1 unspecified atom stereocenters. The number of nitrogens with two attached hydrogens (primary N) is 1. The summed E-state index contributed by atoms with van der Waals surface area (Å²) in [7, 11) is 2.20. The molecule has 1 aliphatic carbocycles. The molecule has 0 amide bonds. The minimum absolute atomic E-state index is 0.159. The van der Waals surface area contributed by atoms with E-state index in [0.717, 1.165) is 25.7 Å². The van der Waals surface area contributed by atoms with E-state index >= 15 is 0 Å². The molecule has 0 radical (unpaired) electrons. The molecule has 1 aromatic heterocycles. The molecule has 4 nitrogen and oxygen atoms in total. The van der Waals surface area contributed by atoms with Gasteiger partial charge in [0.05, 0.1) is 11.2 Å². The lowest BCUT2D eigenvalue weighted by molar-refractivity contribution is 0.119. The summed E-state index contributed by atoms with van der Waals surface area (Å²) < 4.78 is 0. The molecule has 5 heteroatoms. The van der Waals surface area contributed by atoms with Gasteiger partial charge >= 0.3 is 0 Å². The zero-order valence-electron chi connectivity index (χ0n) is 11.0. The van der Waals surface area contributed by atoms with E-state index in [-0.39, 0.29) is 5.54 Å². The minimum Gasteiger partial charge on any atom is -0.329 e.